The second-order valence-corrected chi connectivity index (χ2v) is 8.86. The Kier molecular flexibility index (Phi) is 7.56. The topological polar surface area (TPSA) is 84.2 Å². The van der Waals surface area contributed by atoms with Crippen LogP contribution in [0.1, 0.15) is 33.1 Å². The first-order chi connectivity index (χ1) is 17.2. The molecule has 1 aliphatic rings. The van der Waals surface area contributed by atoms with Gasteiger partial charge in [-0.25, -0.2) is 18.4 Å². The average Bonchev–Trinajstić information content (AvgIpc) is 3.32. The number of benzene rings is 2. The number of alkyl halides is 2. The van der Waals surface area contributed by atoms with Crippen molar-refractivity contribution >= 4 is 23.0 Å². The van der Waals surface area contributed by atoms with Gasteiger partial charge in [0.1, 0.15) is 5.75 Å². The van der Waals surface area contributed by atoms with Crippen LogP contribution in [0.5, 0.6) is 5.75 Å². The highest BCUT2D eigenvalue weighted by molar-refractivity contribution is 5.94. The van der Waals surface area contributed by atoms with Gasteiger partial charge in [0.05, 0.1) is 31.8 Å². The molecule has 1 unspecified atom stereocenters. The van der Waals surface area contributed by atoms with Crippen molar-refractivity contribution in [3.8, 4) is 5.75 Å². The molecule has 36 heavy (non-hydrogen) atoms. The fourth-order valence-electron chi connectivity index (χ4n) is 4.97. The van der Waals surface area contributed by atoms with Gasteiger partial charge in [-0.05, 0) is 42.3 Å². The zero-order valence-electron chi connectivity index (χ0n) is 20.4. The number of carbonyl (C=O) groups excluding carboxylic acids is 1. The van der Waals surface area contributed by atoms with E-state index in [-0.39, 0.29) is 12.6 Å². The molecular weight excluding hydrogens is 472 g/mol. The van der Waals surface area contributed by atoms with Crippen LogP contribution in [0, 0.1) is 6.92 Å². The van der Waals surface area contributed by atoms with Gasteiger partial charge in [-0.15, -0.1) is 0 Å². The molecule has 0 aliphatic carbocycles. The Morgan fingerprint density at radius 1 is 1.14 bits per heavy atom. The Bertz CT molecular complexity index is 1260. The van der Waals surface area contributed by atoms with Gasteiger partial charge in [-0.1, -0.05) is 12.1 Å². The number of carbonyl (C=O) groups is 2. The van der Waals surface area contributed by atoms with Crippen LogP contribution in [0.2, 0.25) is 0 Å². The van der Waals surface area contributed by atoms with E-state index < -0.39 is 18.5 Å². The van der Waals surface area contributed by atoms with Gasteiger partial charge in [0.25, 0.3) is 6.43 Å². The van der Waals surface area contributed by atoms with Gasteiger partial charge in [0.2, 0.25) is 0 Å². The smallest absolute Gasteiger partial charge is 0.416 e. The van der Waals surface area contributed by atoms with Gasteiger partial charge in [0.15, 0.2) is 0 Å². The molecule has 1 N–H and O–H groups in total. The summed E-state index contributed by atoms with van der Waals surface area (Å²) in [4.78, 5) is 27.6. The number of nitrogens with zero attached hydrogens (tertiary/aromatic N) is 3. The molecule has 1 aliphatic heterocycles. The number of halogens is 2. The molecule has 1 aromatic heterocycles. The molecule has 10 heteroatoms. The van der Waals surface area contributed by atoms with E-state index in [2.05, 4.69) is 4.90 Å². The average molecular weight is 502 g/mol. The third-order valence-electron chi connectivity index (χ3n) is 6.71. The summed E-state index contributed by atoms with van der Waals surface area (Å²) in [6.45, 7) is 3.32. The Labute approximate surface area is 207 Å². The molecule has 4 rings (SSSR count). The van der Waals surface area contributed by atoms with Gasteiger partial charge >= 0.3 is 12.1 Å². The normalized spacial score (nSPS) is 17.0. The predicted molar refractivity (Wildman–Crippen MR) is 130 cm³/mol. The summed E-state index contributed by atoms with van der Waals surface area (Å²) in [6.07, 6.45) is -1.99. The Morgan fingerprint density at radius 3 is 2.47 bits per heavy atom. The molecule has 0 saturated carbocycles. The Morgan fingerprint density at radius 2 is 1.86 bits per heavy atom. The first-order valence-corrected chi connectivity index (χ1v) is 11.6. The second kappa shape index (κ2) is 10.6. The molecule has 8 nitrogen and oxygen atoms in total. The zero-order valence-corrected chi connectivity index (χ0v) is 20.4. The van der Waals surface area contributed by atoms with Crippen LogP contribution in [0.3, 0.4) is 0 Å². The first kappa shape index (κ1) is 25.6. The Hall–Kier alpha value is -3.50. The van der Waals surface area contributed by atoms with Crippen molar-refractivity contribution in [3.05, 3.63) is 64.8 Å². The van der Waals surface area contributed by atoms with E-state index in [9.17, 15) is 23.5 Å². The molecule has 1 fully saturated rings. The quantitative estimate of drug-likeness (QED) is 0.481. The van der Waals surface area contributed by atoms with Crippen molar-refractivity contribution < 1.29 is 33.0 Å². The molecule has 1 saturated heterocycles. The number of methoxy groups -OCH3 is 2. The molecule has 0 radical (unpaired) electrons. The van der Waals surface area contributed by atoms with Crippen LogP contribution >= 0.6 is 0 Å². The number of piperazine rings is 1. The van der Waals surface area contributed by atoms with E-state index in [1.165, 1.54) is 17.9 Å². The van der Waals surface area contributed by atoms with E-state index >= 15 is 0 Å². The largest absolute Gasteiger partial charge is 0.496 e. The maximum Gasteiger partial charge on any atom is 0.416 e. The molecule has 1 atom stereocenters. The van der Waals surface area contributed by atoms with Crippen molar-refractivity contribution in [1.29, 1.82) is 0 Å². The van der Waals surface area contributed by atoms with Crippen LogP contribution < -0.4 is 4.74 Å². The third kappa shape index (κ3) is 5.05. The molecule has 0 amide bonds. The van der Waals surface area contributed by atoms with Gasteiger partial charge in [-0.3, -0.25) is 14.4 Å². The lowest BCUT2D eigenvalue weighted by molar-refractivity contribution is 0.0245. The van der Waals surface area contributed by atoms with E-state index in [1.54, 1.807) is 30.2 Å². The minimum Gasteiger partial charge on any atom is -0.496 e. The standard InChI is InChI=1S/C26H29F2N3O5/c1-16-12-22(35-2)20(19-8-9-31(24(16)19)26(33)34)13-30-11-10-29(15-23(27)28)14-21(30)17-4-6-18(7-5-17)25(32)36-3/h4-9,12,21,23H,10-11,13-15H2,1-3H3,(H,33,34). The van der Waals surface area contributed by atoms with E-state index in [1.807, 2.05) is 25.1 Å². The SMILES string of the molecule is COC(=O)c1ccc(C2CN(CC(F)F)CCN2Cc2c(OC)cc(C)c3c2ccn3C(=O)O)cc1. The Balaban J connectivity index is 1.72. The van der Waals surface area contributed by atoms with Crippen molar-refractivity contribution in [2.75, 3.05) is 40.4 Å². The van der Waals surface area contributed by atoms with E-state index in [4.69, 9.17) is 9.47 Å². The summed E-state index contributed by atoms with van der Waals surface area (Å²) < 4.78 is 38.0. The zero-order chi connectivity index (χ0) is 26.0. The lowest BCUT2D eigenvalue weighted by Gasteiger charge is -2.42. The van der Waals surface area contributed by atoms with Crippen molar-refractivity contribution in [1.82, 2.24) is 14.4 Å². The van der Waals surface area contributed by atoms with Crippen molar-refractivity contribution in [2.24, 2.45) is 0 Å². The second-order valence-electron chi connectivity index (χ2n) is 8.86. The van der Waals surface area contributed by atoms with Crippen LogP contribution in [0.4, 0.5) is 13.6 Å². The van der Waals surface area contributed by atoms with Gasteiger partial charge in [0, 0.05) is 49.4 Å². The van der Waals surface area contributed by atoms with Crippen molar-refractivity contribution in [3.63, 3.8) is 0 Å². The lowest BCUT2D eigenvalue weighted by Crippen LogP contribution is -2.49. The first-order valence-electron chi connectivity index (χ1n) is 11.6. The number of esters is 1. The third-order valence-corrected chi connectivity index (χ3v) is 6.71. The fraction of sp³-hybridized carbons (Fsp3) is 0.385. The number of rotatable bonds is 7. The number of aromatic nitrogens is 1. The van der Waals surface area contributed by atoms with Gasteiger partial charge in [-0.2, -0.15) is 0 Å². The summed E-state index contributed by atoms with van der Waals surface area (Å²) >= 11 is 0. The number of aryl methyl sites for hydroxylation is 1. The summed E-state index contributed by atoms with van der Waals surface area (Å²) in [5, 5.41) is 10.4. The number of hydrogen-bond donors (Lipinski definition) is 1. The maximum absolute atomic E-state index is 13.2. The van der Waals surface area contributed by atoms with Crippen LogP contribution in [0.15, 0.2) is 42.6 Å². The predicted octanol–water partition coefficient (Wildman–Crippen LogP) is 4.40. The molecule has 192 valence electrons. The summed E-state index contributed by atoms with van der Waals surface area (Å²) in [5.74, 6) is 0.189. The highest BCUT2D eigenvalue weighted by atomic mass is 19.3. The van der Waals surface area contributed by atoms with E-state index in [0.29, 0.717) is 43.0 Å². The molecule has 2 heterocycles. The lowest BCUT2D eigenvalue weighted by atomic mass is 9.98. The van der Waals surface area contributed by atoms with Gasteiger partial charge < -0.3 is 14.6 Å². The maximum atomic E-state index is 13.2. The highest BCUT2D eigenvalue weighted by Crippen LogP contribution is 2.36. The minimum atomic E-state index is -2.44. The van der Waals surface area contributed by atoms with E-state index in [0.717, 1.165) is 22.1 Å². The summed E-state index contributed by atoms with van der Waals surface area (Å²) in [6, 6.07) is 10.3. The number of carboxylic acid groups (broad SMARTS) is 1. The molecule has 0 spiro atoms. The number of ether oxygens (including phenoxy) is 2. The van der Waals surface area contributed by atoms with Crippen LogP contribution in [0.25, 0.3) is 10.9 Å². The minimum absolute atomic E-state index is 0.230. The monoisotopic (exact) mass is 501 g/mol. The fourth-order valence-corrected chi connectivity index (χ4v) is 4.97. The molecule has 2 aromatic carbocycles. The highest BCUT2D eigenvalue weighted by Gasteiger charge is 2.31. The molecule has 3 aromatic rings. The van der Waals surface area contributed by atoms with Crippen LogP contribution in [-0.2, 0) is 11.3 Å². The molecular formula is C26H29F2N3O5. The summed E-state index contributed by atoms with van der Waals surface area (Å²) in [7, 11) is 2.89. The number of fused-ring (bicyclic) bond motifs is 1. The molecule has 0 bridgehead atoms. The van der Waals surface area contributed by atoms with Crippen LogP contribution in [-0.4, -0.2) is 78.4 Å². The summed E-state index contributed by atoms with van der Waals surface area (Å²) in [5.41, 5.74) is 3.48. The van der Waals surface area contributed by atoms with Crippen molar-refractivity contribution in [2.45, 2.75) is 25.9 Å². The number of hydrogen-bond acceptors (Lipinski definition) is 6.